The first-order valence-electron chi connectivity index (χ1n) is 8.32. The largest absolute Gasteiger partial charge is 0.315 e. The number of nitrogens with zero attached hydrogens (tertiary/aromatic N) is 2. The molecule has 0 unspecified atom stereocenters. The van der Waals surface area contributed by atoms with Crippen LogP contribution in [0.5, 0.6) is 0 Å². The van der Waals surface area contributed by atoms with Gasteiger partial charge in [0.1, 0.15) is 0 Å². The van der Waals surface area contributed by atoms with E-state index in [1.807, 2.05) is 54.6 Å². The molecule has 3 amide bonds. The summed E-state index contributed by atoms with van der Waals surface area (Å²) in [6.45, 7) is 0.147. The molecule has 0 bridgehead atoms. The van der Waals surface area contributed by atoms with Gasteiger partial charge >= 0.3 is 0 Å². The zero-order chi connectivity index (χ0) is 17.8. The fourth-order valence-electron chi connectivity index (χ4n) is 3.01. The van der Waals surface area contributed by atoms with Crippen molar-refractivity contribution in [3.8, 4) is 11.1 Å². The van der Waals surface area contributed by atoms with E-state index in [1.54, 1.807) is 11.9 Å². The second-order valence-corrected chi connectivity index (χ2v) is 6.03. The Hall–Kier alpha value is -2.95. The maximum absolute atomic E-state index is 12.6. The lowest BCUT2D eigenvalue weighted by Gasteiger charge is -2.22. The third-order valence-electron chi connectivity index (χ3n) is 4.43. The minimum Gasteiger partial charge on any atom is -0.315 e. The van der Waals surface area contributed by atoms with Crippen molar-refractivity contribution in [1.29, 1.82) is 0 Å². The predicted octanol–water partition coefficient (Wildman–Crippen LogP) is 2.86. The minimum atomic E-state index is -0.190. The van der Waals surface area contributed by atoms with Gasteiger partial charge in [-0.05, 0) is 11.6 Å². The number of likely N-dealkylation sites (tertiary alicyclic amines) is 1. The summed E-state index contributed by atoms with van der Waals surface area (Å²) in [4.78, 5) is 38.7. The van der Waals surface area contributed by atoms with Crippen LogP contribution >= 0.6 is 0 Å². The Labute approximate surface area is 146 Å². The summed E-state index contributed by atoms with van der Waals surface area (Å²) in [5, 5.41) is 0. The molecule has 1 saturated heterocycles. The Balaban J connectivity index is 1.75. The monoisotopic (exact) mass is 336 g/mol. The molecule has 0 aromatic heterocycles. The van der Waals surface area contributed by atoms with Crippen LogP contribution < -0.4 is 4.90 Å². The molecule has 1 aliphatic rings. The smallest absolute Gasteiger partial charge is 0.229 e. The van der Waals surface area contributed by atoms with Crippen molar-refractivity contribution in [1.82, 2.24) is 4.90 Å². The van der Waals surface area contributed by atoms with Crippen molar-refractivity contribution in [3.05, 3.63) is 54.6 Å². The minimum absolute atomic E-state index is 0.122. The molecule has 25 heavy (non-hydrogen) atoms. The van der Waals surface area contributed by atoms with Crippen molar-refractivity contribution in [3.63, 3.8) is 0 Å². The number of amides is 3. The van der Waals surface area contributed by atoms with Crippen LogP contribution in [0.25, 0.3) is 11.1 Å². The fraction of sp³-hybridized carbons (Fsp3) is 0.250. The number of hydrogen-bond acceptors (Lipinski definition) is 3. The van der Waals surface area contributed by atoms with Crippen LogP contribution in [0.3, 0.4) is 0 Å². The number of hydrogen-bond donors (Lipinski definition) is 0. The molecular formula is C20H20N2O3. The van der Waals surface area contributed by atoms with Gasteiger partial charge in [-0.2, -0.15) is 0 Å². The summed E-state index contributed by atoms with van der Waals surface area (Å²) < 4.78 is 0. The number of benzene rings is 2. The van der Waals surface area contributed by atoms with E-state index in [9.17, 15) is 14.4 Å². The number of carbonyl (C=O) groups excluding carboxylic acids is 3. The van der Waals surface area contributed by atoms with Crippen molar-refractivity contribution in [2.24, 2.45) is 0 Å². The molecule has 3 rings (SSSR count). The molecule has 0 aliphatic carbocycles. The molecule has 1 fully saturated rings. The SMILES string of the molecule is CN(C(=O)CCN1C(=O)CCC1=O)c1ccccc1-c1ccccc1. The van der Waals surface area contributed by atoms with E-state index >= 15 is 0 Å². The molecule has 0 spiro atoms. The highest BCUT2D eigenvalue weighted by Gasteiger charge is 2.29. The molecule has 1 heterocycles. The first-order chi connectivity index (χ1) is 12.1. The van der Waals surface area contributed by atoms with Gasteiger partial charge in [-0.1, -0.05) is 48.5 Å². The van der Waals surface area contributed by atoms with Gasteiger partial charge in [0.2, 0.25) is 17.7 Å². The van der Waals surface area contributed by atoms with E-state index in [1.165, 1.54) is 4.90 Å². The molecule has 1 aliphatic heterocycles. The van der Waals surface area contributed by atoms with Crippen molar-refractivity contribution >= 4 is 23.4 Å². The summed E-state index contributed by atoms with van der Waals surface area (Å²) in [5.74, 6) is -0.508. The van der Waals surface area contributed by atoms with Gasteiger partial charge in [-0.25, -0.2) is 0 Å². The second kappa shape index (κ2) is 7.30. The van der Waals surface area contributed by atoms with Crippen molar-refractivity contribution < 1.29 is 14.4 Å². The van der Waals surface area contributed by atoms with Crippen LogP contribution in [0.15, 0.2) is 54.6 Å². The van der Waals surface area contributed by atoms with E-state index in [2.05, 4.69) is 0 Å². The molecule has 2 aromatic rings. The van der Waals surface area contributed by atoms with Gasteiger partial charge in [-0.15, -0.1) is 0 Å². The normalized spacial score (nSPS) is 14.0. The molecule has 5 nitrogen and oxygen atoms in total. The third kappa shape index (κ3) is 3.60. The molecule has 2 aromatic carbocycles. The number of para-hydroxylation sites is 1. The number of carbonyl (C=O) groups is 3. The number of rotatable bonds is 5. The fourth-order valence-corrected chi connectivity index (χ4v) is 3.01. The average Bonchev–Trinajstić information content (AvgIpc) is 2.97. The van der Waals surface area contributed by atoms with Crippen LogP contribution in [0.1, 0.15) is 19.3 Å². The van der Waals surface area contributed by atoms with E-state index in [4.69, 9.17) is 0 Å². The highest BCUT2D eigenvalue weighted by molar-refractivity contribution is 6.03. The topological polar surface area (TPSA) is 57.7 Å². The first kappa shape index (κ1) is 16.9. The van der Waals surface area contributed by atoms with Gasteiger partial charge in [-0.3, -0.25) is 19.3 Å². The summed E-state index contributed by atoms with van der Waals surface area (Å²) in [6.07, 6.45) is 0.622. The molecule has 5 heteroatoms. The molecule has 0 saturated carbocycles. The lowest BCUT2D eigenvalue weighted by Crippen LogP contribution is -2.35. The molecule has 128 valence electrons. The maximum Gasteiger partial charge on any atom is 0.229 e. The van der Waals surface area contributed by atoms with Crippen LogP contribution in [0, 0.1) is 0 Å². The maximum atomic E-state index is 12.6. The molecule has 0 N–H and O–H groups in total. The van der Waals surface area contributed by atoms with E-state index in [0.29, 0.717) is 0 Å². The Morgan fingerprint density at radius 1 is 0.960 bits per heavy atom. The molecular weight excluding hydrogens is 316 g/mol. The number of anilines is 1. The summed E-state index contributed by atoms with van der Waals surface area (Å²) in [6, 6.07) is 17.6. The lowest BCUT2D eigenvalue weighted by atomic mass is 10.0. The average molecular weight is 336 g/mol. The standard InChI is InChI=1S/C20H20N2O3/c1-21(18(23)13-14-22-19(24)11-12-20(22)25)17-10-6-5-9-16(17)15-7-3-2-4-8-15/h2-10H,11-14H2,1H3. The second-order valence-electron chi connectivity index (χ2n) is 6.03. The van der Waals surface area contributed by atoms with Crippen LogP contribution in [-0.2, 0) is 14.4 Å². The predicted molar refractivity (Wildman–Crippen MR) is 95.9 cm³/mol. The van der Waals surface area contributed by atoms with Crippen LogP contribution in [0.4, 0.5) is 5.69 Å². The van der Waals surface area contributed by atoms with Gasteiger partial charge < -0.3 is 4.90 Å². The summed E-state index contributed by atoms with van der Waals surface area (Å²) in [7, 11) is 1.72. The quantitative estimate of drug-likeness (QED) is 0.789. The zero-order valence-electron chi connectivity index (χ0n) is 14.1. The Kier molecular flexibility index (Phi) is 4.93. The van der Waals surface area contributed by atoms with E-state index in [0.717, 1.165) is 16.8 Å². The Morgan fingerprint density at radius 3 is 2.24 bits per heavy atom. The van der Waals surface area contributed by atoms with E-state index in [-0.39, 0.29) is 43.5 Å². The van der Waals surface area contributed by atoms with Gasteiger partial charge in [0.05, 0.1) is 5.69 Å². The summed E-state index contributed by atoms with van der Waals surface area (Å²) in [5.41, 5.74) is 2.80. The molecule has 0 atom stereocenters. The first-order valence-corrected chi connectivity index (χ1v) is 8.32. The van der Waals surface area contributed by atoms with Gasteiger partial charge in [0.25, 0.3) is 0 Å². The Bertz CT molecular complexity index is 786. The van der Waals surface area contributed by atoms with E-state index < -0.39 is 0 Å². The van der Waals surface area contributed by atoms with Crippen LogP contribution in [-0.4, -0.2) is 36.2 Å². The highest BCUT2D eigenvalue weighted by atomic mass is 16.2. The number of imide groups is 1. The zero-order valence-corrected chi connectivity index (χ0v) is 14.1. The third-order valence-corrected chi connectivity index (χ3v) is 4.43. The Morgan fingerprint density at radius 2 is 1.56 bits per heavy atom. The highest BCUT2D eigenvalue weighted by Crippen LogP contribution is 2.30. The van der Waals surface area contributed by atoms with Gasteiger partial charge in [0.15, 0.2) is 0 Å². The van der Waals surface area contributed by atoms with Gasteiger partial charge in [0, 0.05) is 38.4 Å². The van der Waals surface area contributed by atoms with Crippen LogP contribution in [0.2, 0.25) is 0 Å². The lowest BCUT2D eigenvalue weighted by molar-refractivity contribution is -0.138. The van der Waals surface area contributed by atoms with Crippen molar-refractivity contribution in [2.75, 3.05) is 18.5 Å². The molecule has 0 radical (unpaired) electrons. The summed E-state index contributed by atoms with van der Waals surface area (Å²) >= 11 is 0. The van der Waals surface area contributed by atoms with Crippen molar-refractivity contribution in [2.45, 2.75) is 19.3 Å².